The molecule has 1 aliphatic rings. The lowest BCUT2D eigenvalue weighted by molar-refractivity contribution is 0.0733. The standard InChI is InChI=1S/C18H18N2O2.BrH/c1-13-15(20-17-11-6-12-19-17)9-5-10-16(13)22-18(21)14-7-3-2-4-8-14;/h2-5,7-10H,6,11-12H2,1H3,(H,19,20);1H. The van der Waals surface area contributed by atoms with Gasteiger partial charge in [0.1, 0.15) is 11.6 Å². The number of rotatable bonds is 3. The summed E-state index contributed by atoms with van der Waals surface area (Å²) in [4.78, 5) is 16.6. The van der Waals surface area contributed by atoms with Gasteiger partial charge in [0.15, 0.2) is 0 Å². The number of halogens is 1. The third kappa shape index (κ3) is 4.20. The van der Waals surface area contributed by atoms with Gasteiger partial charge >= 0.3 is 5.97 Å². The van der Waals surface area contributed by atoms with Crippen molar-refractivity contribution in [2.24, 2.45) is 4.99 Å². The summed E-state index contributed by atoms with van der Waals surface area (Å²) in [7, 11) is 0. The Morgan fingerprint density at radius 2 is 1.91 bits per heavy atom. The van der Waals surface area contributed by atoms with Crippen molar-refractivity contribution >= 4 is 34.5 Å². The second-order valence-corrected chi connectivity index (χ2v) is 5.24. The number of anilines is 1. The Labute approximate surface area is 146 Å². The van der Waals surface area contributed by atoms with Crippen molar-refractivity contribution < 1.29 is 9.53 Å². The molecule has 0 fully saturated rings. The van der Waals surface area contributed by atoms with Crippen molar-refractivity contribution in [2.75, 3.05) is 11.9 Å². The molecule has 2 aromatic rings. The number of nitrogens with zero attached hydrogens (tertiary/aromatic N) is 1. The van der Waals surface area contributed by atoms with Gasteiger partial charge in [0.05, 0.1) is 5.56 Å². The Bertz CT molecular complexity index is 714. The number of amidine groups is 1. The summed E-state index contributed by atoms with van der Waals surface area (Å²) in [5.74, 6) is 1.21. The van der Waals surface area contributed by atoms with Crippen LogP contribution in [0.15, 0.2) is 53.5 Å². The lowest BCUT2D eigenvalue weighted by Crippen LogP contribution is -2.12. The molecule has 0 spiro atoms. The van der Waals surface area contributed by atoms with Crippen molar-refractivity contribution in [3.8, 4) is 5.75 Å². The largest absolute Gasteiger partial charge is 0.423 e. The van der Waals surface area contributed by atoms with Crippen molar-refractivity contribution in [1.29, 1.82) is 0 Å². The predicted octanol–water partition coefficient (Wildman–Crippen LogP) is 4.40. The number of aliphatic imine (C=N–C) groups is 1. The van der Waals surface area contributed by atoms with Crippen LogP contribution in [0.5, 0.6) is 5.75 Å². The molecule has 23 heavy (non-hydrogen) atoms. The molecule has 1 aliphatic heterocycles. The Hall–Kier alpha value is -2.14. The first kappa shape index (κ1) is 17.2. The van der Waals surface area contributed by atoms with Gasteiger partial charge < -0.3 is 10.1 Å². The van der Waals surface area contributed by atoms with Gasteiger partial charge in [-0.2, -0.15) is 0 Å². The smallest absolute Gasteiger partial charge is 0.343 e. The molecule has 0 saturated heterocycles. The van der Waals surface area contributed by atoms with Crippen molar-refractivity contribution in [1.82, 2.24) is 0 Å². The summed E-state index contributed by atoms with van der Waals surface area (Å²) in [6.45, 7) is 2.81. The van der Waals surface area contributed by atoms with E-state index in [9.17, 15) is 4.79 Å². The quantitative estimate of drug-likeness (QED) is 0.639. The van der Waals surface area contributed by atoms with Crippen LogP contribution in [0.3, 0.4) is 0 Å². The van der Waals surface area contributed by atoms with Crippen LogP contribution in [0.4, 0.5) is 5.69 Å². The van der Waals surface area contributed by atoms with Gasteiger partial charge in [-0.25, -0.2) is 4.79 Å². The summed E-state index contributed by atoms with van der Waals surface area (Å²) in [6, 6.07) is 14.6. The maximum atomic E-state index is 12.2. The van der Waals surface area contributed by atoms with E-state index in [0.29, 0.717) is 11.3 Å². The topological polar surface area (TPSA) is 50.7 Å². The highest BCUT2D eigenvalue weighted by Gasteiger charge is 2.13. The minimum atomic E-state index is -0.348. The molecular weight excluding hydrogens is 356 g/mol. The zero-order valence-electron chi connectivity index (χ0n) is 12.9. The van der Waals surface area contributed by atoms with Crippen LogP contribution >= 0.6 is 17.0 Å². The van der Waals surface area contributed by atoms with E-state index >= 15 is 0 Å². The molecule has 0 atom stereocenters. The number of carbonyl (C=O) groups excluding carboxylic acids is 1. The molecule has 3 rings (SSSR count). The van der Waals surface area contributed by atoms with E-state index in [-0.39, 0.29) is 23.0 Å². The van der Waals surface area contributed by atoms with Crippen LogP contribution < -0.4 is 10.1 Å². The number of nitrogens with one attached hydrogen (secondary N) is 1. The van der Waals surface area contributed by atoms with Crippen LogP contribution in [0.2, 0.25) is 0 Å². The molecule has 0 amide bonds. The van der Waals surface area contributed by atoms with Crippen LogP contribution in [-0.2, 0) is 0 Å². The van der Waals surface area contributed by atoms with Gasteiger partial charge in [0, 0.05) is 24.2 Å². The Morgan fingerprint density at radius 1 is 1.13 bits per heavy atom. The highest BCUT2D eigenvalue weighted by Crippen LogP contribution is 2.27. The average Bonchev–Trinajstić information content (AvgIpc) is 3.05. The van der Waals surface area contributed by atoms with Gasteiger partial charge in [-0.15, -0.1) is 17.0 Å². The highest BCUT2D eigenvalue weighted by atomic mass is 79.9. The SMILES string of the molecule is Br.Cc1c(NC2=NCCC2)cccc1OC(=O)c1ccccc1. The zero-order valence-corrected chi connectivity index (χ0v) is 14.6. The number of esters is 1. The fraction of sp³-hybridized carbons (Fsp3) is 0.222. The summed E-state index contributed by atoms with van der Waals surface area (Å²) in [5.41, 5.74) is 2.38. The first-order valence-corrected chi connectivity index (χ1v) is 7.41. The fourth-order valence-corrected chi connectivity index (χ4v) is 2.39. The van der Waals surface area contributed by atoms with Crippen molar-refractivity contribution in [3.63, 3.8) is 0 Å². The Morgan fingerprint density at radius 3 is 2.61 bits per heavy atom. The minimum absolute atomic E-state index is 0. The minimum Gasteiger partial charge on any atom is -0.423 e. The van der Waals surface area contributed by atoms with E-state index < -0.39 is 0 Å². The van der Waals surface area contributed by atoms with E-state index in [2.05, 4.69) is 10.3 Å². The van der Waals surface area contributed by atoms with Gasteiger partial charge in [-0.3, -0.25) is 4.99 Å². The van der Waals surface area contributed by atoms with Gasteiger partial charge in [-0.1, -0.05) is 24.3 Å². The van der Waals surface area contributed by atoms with Crippen molar-refractivity contribution in [3.05, 3.63) is 59.7 Å². The lowest BCUT2D eigenvalue weighted by Gasteiger charge is -2.13. The molecule has 120 valence electrons. The van der Waals surface area contributed by atoms with Gasteiger partial charge in [-0.05, 0) is 37.6 Å². The molecule has 5 heteroatoms. The van der Waals surface area contributed by atoms with Crippen molar-refractivity contribution in [2.45, 2.75) is 19.8 Å². The third-order valence-electron chi connectivity index (χ3n) is 3.65. The number of ether oxygens (including phenoxy) is 1. The maximum Gasteiger partial charge on any atom is 0.343 e. The number of benzene rings is 2. The maximum absolute atomic E-state index is 12.2. The second kappa shape index (κ2) is 7.92. The summed E-state index contributed by atoms with van der Waals surface area (Å²) in [6.07, 6.45) is 2.05. The molecule has 0 unspecified atom stereocenters. The molecule has 2 aromatic carbocycles. The normalized spacial score (nSPS) is 13.0. The highest BCUT2D eigenvalue weighted by molar-refractivity contribution is 8.93. The Kier molecular flexibility index (Phi) is 5.93. The van der Waals surface area contributed by atoms with E-state index in [1.54, 1.807) is 18.2 Å². The van der Waals surface area contributed by atoms with Crippen LogP contribution in [0.1, 0.15) is 28.8 Å². The first-order valence-electron chi connectivity index (χ1n) is 7.41. The monoisotopic (exact) mass is 374 g/mol. The van der Waals surface area contributed by atoms with Crippen LogP contribution in [0, 0.1) is 6.92 Å². The first-order chi connectivity index (χ1) is 10.7. The summed E-state index contributed by atoms with van der Waals surface area (Å²) in [5, 5.41) is 3.32. The Balaban J connectivity index is 0.00000192. The summed E-state index contributed by atoms with van der Waals surface area (Å²) < 4.78 is 5.52. The molecule has 4 nitrogen and oxygen atoms in total. The fourth-order valence-electron chi connectivity index (χ4n) is 2.39. The number of hydrogen-bond acceptors (Lipinski definition) is 4. The van der Waals surface area contributed by atoms with Crippen LogP contribution in [-0.4, -0.2) is 18.3 Å². The molecule has 1 heterocycles. The second-order valence-electron chi connectivity index (χ2n) is 5.24. The molecule has 0 aromatic heterocycles. The zero-order chi connectivity index (χ0) is 15.4. The number of carbonyl (C=O) groups is 1. The lowest BCUT2D eigenvalue weighted by atomic mass is 10.1. The van der Waals surface area contributed by atoms with E-state index in [1.807, 2.05) is 37.3 Å². The van der Waals surface area contributed by atoms with Crippen LogP contribution in [0.25, 0.3) is 0 Å². The van der Waals surface area contributed by atoms with Gasteiger partial charge in [0.2, 0.25) is 0 Å². The molecule has 1 N–H and O–H groups in total. The van der Waals surface area contributed by atoms with E-state index in [0.717, 1.165) is 36.5 Å². The molecular formula is C18H19BrN2O2. The van der Waals surface area contributed by atoms with E-state index in [1.165, 1.54) is 0 Å². The molecule has 0 radical (unpaired) electrons. The molecule has 0 saturated carbocycles. The van der Waals surface area contributed by atoms with Gasteiger partial charge in [0.25, 0.3) is 0 Å². The predicted molar refractivity (Wildman–Crippen MR) is 98.1 cm³/mol. The average molecular weight is 375 g/mol. The summed E-state index contributed by atoms with van der Waals surface area (Å²) >= 11 is 0. The molecule has 0 aliphatic carbocycles. The number of hydrogen-bond donors (Lipinski definition) is 1. The van der Waals surface area contributed by atoms with E-state index in [4.69, 9.17) is 4.74 Å². The molecule has 0 bridgehead atoms. The third-order valence-corrected chi connectivity index (χ3v) is 3.65.